The maximum atomic E-state index is 9.00. The average Bonchev–Trinajstić information content (AvgIpc) is 0.811. The van der Waals surface area contributed by atoms with Crippen LogP contribution in [-0.2, 0) is 0 Å². The number of primary amides is 2. The van der Waals surface area contributed by atoms with E-state index in [9.17, 15) is 0 Å². The number of hydrogen-bond donors (Lipinski definition) is 2. The molecule has 0 aliphatic heterocycles. The third-order valence-electron chi connectivity index (χ3n) is 0. The van der Waals surface area contributed by atoms with Gasteiger partial charge in [-0.2, -0.15) is 0 Å². The molecule has 8 heavy (non-hydrogen) atoms. The van der Waals surface area contributed by atoms with Crippen LogP contribution in [-0.4, -0.2) is 17.0 Å². The zero-order chi connectivity index (χ0) is 3.58. The second-order valence-corrected chi connectivity index (χ2v) is 0.402. The monoisotopic (exact) mass is 140 g/mol. The quantitative estimate of drug-likeness (QED) is 0.324. The summed E-state index contributed by atoms with van der Waals surface area (Å²) < 4.78 is 0. The Morgan fingerprint density at radius 3 is 1.12 bits per heavy atom. The number of rotatable bonds is 0. The third-order valence-corrected chi connectivity index (χ3v) is 0. The molecule has 0 saturated carbocycles. The van der Waals surface area contributed by atoms with E-state index in [0.717, 1.165) is 0 Å². The molecule has 6 N–H and O–H groups in total. The largest absolute Gasteiger partial charge is 1.00 e. The van der Waals surface area contributed by atoms with Crippen LogP contribution in [0.5, 0.6) is 0 Å². The van der Waals surface area contributed by atoms with Crippen LogP contribution in [0.4, 0.5) is 4.79 Å². The van der Waals surface area contributed by atoms with Crippen molar-refractivity contribution < 1.29 is 86.0 Å². The van der Waals surface area contributed by atoms with Gasteiger partial charge < -0.3 is 22.4 Å². The van der Waals surface area contributed by atoms with Crippen LogP contribution >= 0.6 is 0 Å². The molecule has 0 aromatic heterocycles. The van der Waals surface area contributed by atoms with Crippen molar-refractivity contribution in [3.8, 4) is 0 Å². The van der Waals surface area contributed by atoms with Gasteiger partial charge in [-0.25, -0.2) is 4.79 Å². The molecule has 0 radical (unpaired) electrons. The molecule has 0 aliphatic carbocycles. The topological polar surface area (TPSA) is 129 Å². The van der Waals surface area contributed by atoms with Crippen molar-refractivity contribution in [1.29, 1.82) is 0 Å². The first-order valence-corrected chi connectivity index (χ1v) is 0.781. The van der Waals surface area contributed by atoms with Gasteiger partial charge in [0.2, 0.25) is 0 Å². The summed E-state index contributed by atoms with van der Waals surface area (Å²) in [6, 6.07) is -0.833. The zero-order valence-electron chi connectivity index (χ0n) is 4.96. The van der Waals surface area contributed by atoms with Crippen LogP contribution in [0.3, 0.4) is 0 Å². The summed E-state index contributed by atoms with van der Waals surface area (Å²) >= 11 is 0. The van der Waals surface area contributed by atoms with Gasteiger partial charge in [-0.15, -0.1) is 0 Å². The van der Waals surface area contributed by atoms with E-state index in [0.29, 0.717) is 0 Å². The Bertz CT molecular complexity index is 40.3. The van der Waals surface area contributed by atoms with Gasteiger partial charge in [-0.1, -0.05) is 0 Å². The fraction of sp³-hybridized carbons (Fsp3) is 0. The van der Waals surface area contributed by atoms with Gasteiger partial charge in [0.1, 0.15) is 0 Å². The van der Waals surface area contributed by atoms with Crippen molar-refractivity contribution in [2.75, 3.05) is 0 Å². The third kappa shape index (κ3) is 151. The Morgan fingerprint density at radius 2 is 1.12 bits per heavy atom. The zero-order valence-corrected chi connectivity index (χ0v) is 8.08. The second-order valence-electron chi connectivity index (χ2n) is 0.402. The molecule has 40 valence electrons. The molecule has 0 aromatic carbocycles. The molecule has 5 nitrogen and oxygen atoms in total. The van der Waals surface area contributed by atoms with E-state index < -0.39 is 6.03 Å². The Kier molecular flexibility index (Phi) is 101. The van der Waals surface area contributed by atoms with Crippen molar-refractivity contribution in [2.24, 2.45) is 11.5 Å². The van der Waals surface area contributed by atoms with Crippen LogP contribution in [0.2, 0.25) is 0 Å². The molecule has 0 aliphatic rings. The van der Waals surface area contributed by atoms with Gasteiger partial charge in [0, 0.05) is 0 Å². The van der Waals surface area contributed by atoms with Crippen LogP contribution in [0.1, 0.15) is 0 Å². The van der Waals surface area contributed by atoms with Gasteiger partial charge in [-0.05, 0) is 0 Å². The SMILES string of the molecule is NC(N)=O.[K+].[Li+].[OH-].[OH-]. The molecule has 0 rings (SSSR count). The molecule has 0 unspecified atom stereocenters. The Labute approximate surface area is 102 Å². The Morgan fingerprint density at radius 1 is 1.12 bits per heavy atom. The Hall–Kier alpha value is 1.42. The van der Waals surface area contributed by atoms with E-state index in [1.54, 1.807) is 0 Å². The summed E-state index contributed by atoms with van der Waals surface area (Å²) in [6.45, 7) is 0. The van der Waals surface area contributed by atoms with Crippen LogP contribution in [0, 0.1) is 0 Å². The molecule has 0 atom stereocenters. The first kappa shape index (κ1) is 34.2. The predicted molar refractivity (Wildman–Crippen MR) is 17.6 cm³/mol. The molecule has 0 aromatic rings. The maximum absolute atomic E-state index is 9.00. The molecular weight excluding hydrogens is 134 g/mol. The second kappa shape index (κ2) is 23.7. The molecule has 0 spiro atoms. The maximum Gasteiger partial charge on any atom is 1.00 e. The minimum absolute atomic E-state index is 0. The van der Waals surface area contributed by atoms with Crippen molar-refractivity contribution in [3.05, 3.63) is 0 Å². The van der Waals surface area contributed by atoms with Crippen molar-refractivity contribution >= 4 is 6.03 Å². The summed E-state index contributed by atoms with van der Waals surface area (Å²) in [5.74, 6) is 0. The van der Waals surface area contributed by atoms with E-state index >= 15 is 0 Å². The van der Waals surface area contributed by atoms with Crippen LogP contribution in [0.15, 0.2) is 0 Å². The van der Waals surface area contributed by atoms with Crippen molar-refractivity contribution in [2.45, 2.75) is 0 Å². The summed E-state index contributed by atoms with van der Waals surface area (Å²) in [6.07, 6.45) is 0. The van der Waals surface area contributed by atoms with E-state index in [2.05, 4.69) is 11.5 Å². The van der Waals surface area contributed by atoms with E-state index in [-0.39, 0.29) is 81.2 Å². The molecule has 2 amide bonds. The van der Waals surface area contributed by atoms with Gasteiger partial charge in [0.15, 0.2) is 0 Å². The summed E-state index contributed by atoms with van der Waals surface area (Å²) in [4.78, 5) is 9.00. The molecule has 0 bridgehead atoms. The normalized spacial score (nSPS) is 3.00. The molecule has 7 heteroatoms. The van der Waals surface area contributed by atoms with Gasteiger partial charge in [-0.3, -0.25) is 0 Å². The number of urea groups is 1. The van der Waals surface area contributed by atoms with Gasteiger partial charge in [0.25, 0.3) is 0 Å². The summed E-state index contributed by atoms with van der Waals surface area (Å²) in [5, 5.41) is 0. The number of amides is 2. The first-order chi connectivity index (χ1) is 1.73. The van der Waals surface area contributed by atoms with Gasteiger partial charge in [0.05, 0.1) is 0 Å². The fourth-order valence-corrected chi connectivity index (χ4v) is 0. The molecule has 0 heterocycles. The van der Waals surface area contributed by atoms with E-state index in [4.69, 9.17) is 4.79 Å². The number of carbonyl (C=O) groups is 1. The fourth-order valence-electron chi connectivity index (χ4n) is 0. The standard InChI is InChI=1S/CH4N2O.K.Li.2H2O/c2-1(3)4;;;;/h(H4,2,3,4);;;2*1H2/q;2*+1;;/p-2. The molecular formula is CH6KLiN2O3. The molecule has 0 saturated heterocycles. The number of hydrogen-bond acceptors (Lipinski definition) is 3. The molecule has 0 fully saturated rings. The van der Waals surface area contributed by atoms with Crippen LogP contribution in [0.25, 0.3) is 0 Å². The first-order valence-electron chi connectivity index (χ1n) is 0.781. The van der Waals surface area contributed by atoms with Crippen LogP contribution < -0.4 is 81.7 Å². The summed E-state index contributed by atoms with van der Waals surface area (Å²) in [5.41, 5.74) is 8.50. The average molecular weight is 140 g/mol. The minimum Gasteiger partial charge on any atom is -0.870 e. The Balaban J connectivity index is -0.00000000750. The predicted octanol–water partition coefficient (Wildman–Crippen LogP) is -7.32. The van der Waals surface area contributed by atoms with E-state index in [1.165, 1.54) is 0 Å². The summed E-state index contributed by atoms with van der Waals surface area (Å²) in [7, 11) is 0. The smallest absolute Gasteiger partial charge is 0.870 e. The number of nitrogens with two attached hydrogens (primary N) is 2. The minimum atomic E-state index is -0.833. The van der Waals surface area contributed by atoms with Gasteiger partial charge >= 0.3 is 76.3 Å². The van der Waals surface area contributed by atoms with Crippen molar-refractivity contribution in [1.82, 2.24) is 0 Å². The van der Waals surface area contributed by atoms with Crippen molar-refractivity contribution in [3.63, 3.8) is 0 Å². The number of carbonyl (C=O) groups excluding carboxylic acids is 1. The van der Waals surface area contributed by atoms with E-state index in [1.807, 2.05) is 0 Å².